The molecule has 5 heteroatoms. The lowest BCUT2D eigenvalue weighted by molar-refractivity contribution is 0.0697. The lowest BCUT2D eigenvalue weighted by atomic mass is 9.93. The zero-order valence-corrected chi connectivity index (χ0v) is 12.3. The minimum atomic E-state index is -0.948. The molecule has 1 fully saturated rings. The zero-order valence-electron chi connectivity index (χ0n) is 12.3. The average molecular weight is 297 g/mol. The molecule has 0 unspecified atom stereocenters. The number of rotatable bonds is 4. The highest BCUT2D eigenvalue weighted by atomic mass is 16.4. The maximum atomic E-state index is 11.3. The standard InChI is InChI=1S/C17H19N3O2/c21-17(22)15-4-2-1-3-14(15)16-11-19-13(10-20-16)9-12-5-7-18-8-6-12/h1-4,10-12,18H,5-9H2,(H,21,22). The maximum absolute atomic E-state index is 11.3. The lowest BCUT2D eigenvalue weighted by Gasteiger charge is -2.21. The predicted molar refractivity (Wildman–Crippen MR) is 83.7 cm³/mol. The summed E-state index contributed by atoms with van der Waals surface area (Å²) < 4.78 is 0. The second kappa shape index (κ2) is 6.66. The van der Waals surface area contributed by atoms with Crippen molar-refractivity contribution >= 4 is 5.97 Å². The van der Waals surface area contributed by atoms with Crippen molar-refractivity contribution in [3.05, 3.63) is 47.9 Å². The summed E-state index contributed by atoms with van der Waals surface area (Å²) in [6, 6.07) is 6.88. The molecule has 2 aromatic rings. The lowest BCUT2D eigenvalue weighted by Crippen LogP contribution is -2.28. The smallest absolute Gasteiger partial charge is 0.336 e. The van der Waals surface area contributed by atoms with Crippen molar-refractivity contribution in [2.24, 2.45) is 5.92 Å². The van der Waals surface area contributed by atoms with Gasteiger partial charge in [-0.15, -0.1) is 0 Å². The van der Waals surface area contributed by atoms with Crippen LogP contribution in [-0.4, -0.2) is 34.1 Å². The Morgan fingerprint density at radius 1 is 1.18 bits per heavy atom. The molecule has 2 heterocycles. The Hall–Kier alpha value is -2.27. The summed E-state index contributed by atoms with van der Waals surface area (Å²) in [6.07, 6.45) is 6.74. The van der Waals surface area contributed by atoms with Gasteiger partial charge in [0.15, 0.2) is 0 Å². The molecule has 2 N–H and O–H groups in total. The van der Waals surface area contributed by atoms with Gasteiger partial charge in [-0.05, 0) is 44.3 Å². The number of hydrogen-bond acceptors (Lipinski definition) is 4. The Balaban J connectivity index is 1.78. The highest BCUT2D eigenvalue weighted by Gasteiger charge is 2.15. The third-order valence-electron chi connectivity index (χ3n) is 4.10. The first-order valence-corrected chi connectivity index (χ1v) is 7.58. The van der Waals surface area contributed by atoms with Crippen LogP contribution in [0.15, 0.2) is 36.7 Å². The third kappa shape index (κ3) is 3.31. The molecule has 1 aliphatic heterocycles. The highest BCUT2D eigenvalue weighted by Crippen LogP contribution is 2.22. The molecule has 3 rings (SSSR count). The summed E-state index contributed by atoms with van der Waals surface area (Å²) in [6.45, 7) is 2.14. The summed E-state index contributed by atoms with van der Waals surface area (Å²) in [5.41, 5.74) is 2.44. The van der Waals surface area contributed by atoms with Crippen LogP contribution in [0.1, 0.15) is 28.9 Å². The number of nitrogens with one attached hydrogen (secondary N) is 1. The Kier molecular flexibility index (Phi) is 4.44. The number of hydrogen-bond donors (Lipinski definition) is 2. The van der Waals surface area contributed by atoms with Crippen LogP contribution in [0.4, 0.5) is 0 Å². The van der Waals surface area contributed by atoms with Crippen LogP contribution in [0.2, 0.25) is 0 Å². The Bertz CT molecular complexity index is 649. The van der Waals surface area contributed by atoms with E-state index in [0.717, 1.165) is 25.2 Å². The molecule has 114 valence electrons. The third-order valence-corrected chi connectivity index (χ3v) is 4.10. The van der Waals surface area contributed by atoms with E-state index in [4.69, 9.17) is 0 Å². The molecule has 1 aliphatic rings. The summed E-state index contributed by atoms with van der Waals surface area (Å²) in [4.78, 5) is 20.2. The average Bonchev–Trinajstić information content (AvgIpc) is 2.56. The van der Waals surface area contributed by atoms with E-state index in [1.165, 1.54) is 12.8 Å². The van der Waals surface area contributed by atoms with Crippen LogP contribution < -0.4 is 5.32 Å². The number of carboxylic acid groups (broad SMARTS) is 1. The second-order valence-electron chi connectivity index (χ2n) is 5.64. The maximum Gasteiger partial charge on any atom is 0.336 e. The van der Waals surface area contributed by atoms with Crippen molar-refractivity contribution in [3.8, 4) is 11.3 Å². The van der Waals surface area contributed by atoms with E-state index in [0.29, 0.717) is 17.2 Å². The number of nitrogens with zero attached hydrogens (tertiary/aromatic N) is 2. The molecule has 0 saturated carbocycles. The van der Waals surface area contributed by atoms with Gasteiger partial charge in [0, 0.05) is 11.8 Å². The van der Waals surface area contributed by atoms with Gasteiger partial charge in [-0.3, -0.25) is 9.97 Å². The van der Waals surface area contributed by atoms with Gasteiger partial charge in [0.05, 0.1) is 23.1 Å². The first-order valence-electron chi connectivity index (χ1n) is 7.58. The summed E-state index contributed by atoms with van der Waals surface area (Å²) >= 11 is 0. The van der Waals surface area contributed by atoms with Crippen LogP contribution >= 0.6 is 0 Å². The number of carboxylic acids is 1. The molecule has 0 amide bonds. The Morgan fingerprint density at radius 3 is 2.64 bits per heavy atom. The van der Waals surface area contributed by atoms with E-state index in [-0.39, 0.29) is 5.56 Å². The quantitative estimate of drug-likeness (QED) is 0.906. The molecule has 1 aromatic carbocycles. The van der Waals surface area contributed by atoms with Gasteiger partial charge in [-0.25, -0.2) is 4.79 Å². The summed E-state index contributed by atoms with van der Waals surface area (Å²) in [7, 11) is 0. The molecule has 5 nitrogen and oxygen atoms in total. The van der Waals surface area contributed by atoms with E-state index in [1.54, 1.807) is 30.6 Å². The first kappa shape index (κ1) is 14.7. The number of aromatic nitrogens is 2. The van der Waals surface area contributed by atoms with Crippen LogP contribution in [0.3, 0.4) is 0 Å². The predicted octanol–water partition coefficient (Wildman–Crippen LogP) is 2.38. The Labute approximate surface area is 129 Å². The van der Waals surface area contributed by atoms with Gasteiger partial charge in [-0.2, -0.15) is 0 Å². The molecule has 22 heavy (non-hydrogen) atoms. The van der Waals surface area contributed by atoms with Crippen molar-refractivity contribution in [2.75, 3.05) is 13.1 Å². The zero-order chi connectivity index (χ0) is 15.4. The van der Waals surface area contributed by atoms with E-state index >= 15 is 0 Å². The minimum absolute atomic E-state index is 0.253. The van der Waals surface area contributed by atoms with Gasteiger partial charge < -0.3 is 10.4 Å². The molecule has 0 atom stereocenters. The van der Waals surface area contributed by atoms with Crippen molar-refractivity contribution in [3.63, 3.8) is 0 Å². The van der Waals surface area contributed by atoms with Gasteiger partial charge in [0.2, 0.25) is 0 Å². The normalized spacial score (nSPS) is 15.6. The van der Waals surface area contributed by atoms with Gasteiger partial charge >= 0.3 is 5.97 Å². The molecule has 1 aromatic heterocycles. The molecule has 0 radical (unpaired) electrons. The molecule has 0 bridgehead atoms. The van der Waals surface area contributed by atoms with Gasteiger partial charge in [0.1, 0.15) is 0 Å². The number of carbonyl (C=O) groups is 1. The number of aromatic carboxylic acids is 1. The van der Waals surface area contributed by atoms with Crippen molar-refractivity contribution in [1.29, 1.82) is 0 Å². The van der Waals surface area contributed by atoms with E-state index < -0.39 is 5.97 Å². The number of benzene rings is 1. The fourth-order valence-electron chi connectivity index (χ4n) is 2.87. The Morgan fingerprint density at radius 2 is 1.95 bits per heavy atom. The fourth-order valence-corrected chi connectivity index (χ4v) is 2.87. The first-order chi connectivity index (χ1) is 10.7. The monoisotopic (exact) mass is 297 g/mol. The van der Waals surface area contributed by atoms with Crippen molar-refractivity contribution in [2.45, 2.75) is 19.3 Å². The summed E-state index contributed by atoms with van der Waals surface area (Å²) in [5.74, 6) is -0.288. The van der Waals surface area contributed by atoms with Gasteiger partial charge in [0.25, 0.3) is 0 Å². The van der Waals surface area contributed by atoms with E-state index in [2.05, 4.69) is 15.3 Å². The van der Waals surface area contributed by atoms with Crippen molar-refractivity contribution in [1.82, 2.24) is 15.3 Å². The number of piperidine rings is 1. The van der Waals surface area contributed by atoms with E-state index in [9.17, 15) is 9.90 Å². The summed E-state index contributed by atoms with van der Waals surface area (Å²) in [5, 5.41) is 12.6. The molecular weight excluding hydrogens is 278 g/mol. The fraction of sp³-hybridized carbons (Fsp3) is 0.353. The molecule has 0 spiro atoms. The van der Waals surface area contributed by atoms with Crippen LogP contribution in [0, 0.1) is 5.92 Å². The second-order valence-corrected chi connectivity index (χ2v) is 5.64. The largest absolute Gasteiger partial charge is 0.478 e. The van der Waals surface area contributed by atoms with Gasteiger partial charge in [-0.1, -0.05) is 18.2 Å². The van der Waals surface area contributed by atoms with Crippen LogP contribution in [-0.2, 0) is 6.42 Å². The van der Waals surface area contributed by atoms with Crippen LogP contribution in [0.25, 0.3) is 11.3 Å². The highest BCUT2D eigenvalue weighted by molar-refractivity contribution is 5.95. The molecule has 1 saturated heterocycles. The topological polar surface area (TPSA) is 75.1 Å². The molecular formula is C17H19N3O2. The SMILES string of the molecule is O=C(O)c1ccccc1-c1cnc(CC2CCNCC2)cn1. The molecule has 0 aliphatic carbocycles. The van der Waals surface area contributed by atoms with E-state index in [1.807, 2.05) is 6.07 Å². The van der Waals surface area contributed by atoms with Crippen LogP contribution in [0.5, 0.6) is 0 Å². The van der Waals surface area contributed by atoms with Crippen molar-refractivity contribution < 1.29 is 9.90 Å². The minimum Gasteiger partial charge on any atom is -0.478 e.